The Morgan fingerprint density at radius 3 is 2.21 bits per heavy atom. The van der Waals surface area contributed by atoms with Crippen molar-refractivity contribution in [2.75, 3.05) is 10.2 Å². The van der Waals surface area contributed by atoms with E-state index in [2.05, 4.69) is 10.6 Å². The standard InChI is InChI=1S/C30H28ClN3O4/c31-26-27(32-22-12-8-9-20(19-22)28(35)33-21-10-4-1-2-5-11-21)30(37)34(29(26)36)23-15-17-25(18-16-23)38-24-13-6-3-7-14-24/h3,6-9,12-19,21,32H,1-2,4-5,10-11H2,(H,33,35). The molecule has 0 bridgehead atoms. The van der Waals surface area contributed by atoms with Gasteiger partial charge < -0.3 is 15.4 Å². The second-order valence-corrected chi connectivity index (χ2v) is 9.79. The smallest absolute Gasteiger partial charge is 0.283 e. The Morgan fingerprint density at radius 2 is 1.50 bits per heavy atom. The Labute approximate surface area is 226 Å². The first-order chi connectivity index (χ1) is 18.5. The van der Waals surface area contributed by atoms with Gasteiger partial charge >= 0.3 is 0 Å². The molecule has 1 saturated carbocycles. The summed E-state index contributed by atoms with van der Waals surface area (Å²) >= 11 is 6.30. The van der Waals surface area contributed by atoms with Gasteiger partial charge in [-0.3, -0.25) is 14.4 Å². The molecule has 0 aromatic heterocycles. The van der Waals surface area contributed by atoms with Crippen LogP contribution in [0.2, 0.25) is 0 Å². The van der Waals surface area contributed by atoms with Crippen LogP contribution in [0.4, 0.5) is 11.4 Å². The fourth-order valence-corrected chi connectivity index (χ4v) is 4.92. The van der Waals surface area contributed by atoms with Crippen LogP contribution in [0.15, 0.2) is 89.6 Å². The van der Waals surface area contributed by atoms with Crippen molar-refractivity contribution in [2.45, 2.75) is 44.6 Å². The van der Waals surface area contributed by atoms with Crippen LogP contribution < -0.4 is 20.3 Å². The van der Waals surface area contributed by atoms with E-state index < -0.39 is 11.8 Å². The summed E-state index contributed by atoms with van der Waals surface area (Å²) in [7, 11) is 0. The zero-order valence-corrected chi connectivity index (χ0v) is 21.5. The average molecular weight is 530 g/mol. The Hall–Kier alpha value is -4.10. The van der Waals surface area contributed by atoms with Gasteiger partial charge in [0, 0.05) is 17.3 Å². The number of nitrogens with zero attached hydrogens (tertiary/aromatic N) is 1. The number of amides is 3. The van der Waals surface area contributed by atoms with Crippen molar-refractivity contribution < 1.29 is 19.1 Å². The van der Waals surface area contributed by atoms with E-state index >= 15 is 0 Å². The maximum Gasteiger partial charge on any atom is 0.283 e. The first-order valence-corrected chi connectivity index (χ1v) is 13.2. The molecule has 194 valence electrons. The van der Waals surface area contributed by atoms with Gasteiger partial charge in [0.15, 0.2) is 0 Å². The molecule has 7 nitrogen and oxygen atoms in total. The summed E-state index contributed by atoms with van der Waals surface area (Å²) in [5, 5.41) is 5.86. The lowest BCUT2D eigenvalue weighted by Gasteiger charge is -2.17. The van der Waals surface area contributed by atoms with E-state index in [-0.39, 0.29) is 22.7 Å². The molecule has 3 amide bonds. The molecule has 2 N–H and O–H groups in total. The predicted molar refractivity (Wildman–Crippen MR) is 147 cm³/mol. The van der Waals surface area contributed by atoms with Gasteiger partial charge in [0.05, 0.1) is 5.69 Å². The maximum atomic E-state index is 13.2. The molecule has 1 heterocycles. The number of halogens is 1. The molecule has 1 fully saturated rings. The van der Waals surface area contributed by atoms with E-state index in [4.69, 9.17) is 16.3 Å². The summed E-state index contributed by atoms with van der Waals surface area (Å²) in [5.74, 6) is -0.123. The molecule has 38 heavy (non-hydrogen) atoms. The SMILES string of the molecule is O=C(NC1CCCCCC1)c1cccc(NC2=C(Cl)C(=O)N(c3ccc(Oc4ccccc4)cc3)C2=O)c1. The number of carbonyl (C=O) groups excluding carboxylic acids is 3. The summed E-state index contributed by atoms with van der Waals surface area (Å²) in [6, 6.07) is 22.9. The van der Waals surface area contributed by atoms with Crippen molar-refractivity contribution in [1.29, 1.82) is 0 Å². The fourth-order valence-electron chi connectivity index (χ4n) is 4.71. The van der Waals surface area contributed by atoms with Crippen molar-refractivity contribution in [1.82, 2.24) is 5.32 Å². The molecule has 0 atom stereocenters. The Balaban J connectivity index is 1.27. The van der Waals surface area contributed by atoms with Crippen LogP contribution in [0.1, 0.15) is 48.9 Å². The van der Waals surface area contributed by atoms with E-state index in [1.807, 2.05) is 30.3 Å². The molecule has 1 aliphatic carbocycles. The molecule has 0 spiro atoms. The van der Waals surface area contributed by atoms with E-state index in [1.165, 1.54) is 12.8 Å². The van der Waals surface area contributed by atoms with Gasteiger partial charge in [-0.25, -0.2) is 4.90 Å². The second-order valence-electron chi connectivity index (χ2n) is 9.41. The lowest BCUT2D eigenvalue weighted by atomic mass is 10.1. The van der Waals surface area contributed by atoms with Gasteiger partial charge in [0.1, 0.15) is 22.2 Å². The summed E-state index contributed by atoms with van der Waals surface area (Å²) in [6.45, 7) is 0. The van der Waals surface area contributed by atoms with Gasteiger partial charge in [-0.15, -0.1) is 0 Å². The number of hydrogen-bond donors (Lipinski definition) is 2. The predicted octanol–water partition coefficient (Wildman–Crippen LogP) is 6.37. The number of anilines is 2. The van der Waals surface area contributed by atoms with Gasteiger partial charge in [-0.05, 0) is 67.4 Å². The zero-order chi connectivity index (χ0) is 26.5. The number of ether oxygens (including phenoxy) is 1. The normalized spacial score (nSPS) is 16.4. The number of hydrogen-bond acceptors (Lipinski definition) is 5. The van der Waals surface area contributed by atoms with Gasteiger partial charge in [0.2, 0.25) is 0 Å². The number of carbonyl (C=O) groups is 3. The molecule has 1 aliphatic heterocycles. The van der Waals surface area contributed by atoms with E-state index in [9.17, 15) is 14.4 Å². The molecule has 2 aliphatic rings. The summed E-state index contributed by atoms with van der Waals surface area (Å²) < 4.78 is 5.79. The van der Waals surface area contributed by atoms with E-state index in [0.717, 1.165) is 30.6 Å². The molecule has 3 aromatic rings. The fraction of sp³-hybridized carbons (Fsp3) is 0.233. The molecular weight excluding hydrogens is 502 g/mol. The van der Waals surface area contributed by atoms with Crippen molar-refractivity contribution in [3.63, 3.8) is 0 Å². The number of benzene rings is 3. The molecule has 0 unspecified atom stereocenters. The summed E-state index contributed by atoms with van der Waals surface area (Å²) in [6.07, 6.45) is 6.62. The number of rotatable bonds is 7. The summed E-state index contributed by atoms with van der Waals surface area (Å²) in [4.78, 5) is 40.0. The van der Waals surface area contributed by atoms with Crippen LogP contribution in [0.3, 0.4) is 0 Å². The van der Waals surface area contributed by atoms with Crippen LogP contribution in [-0.2, 0) is 9.59 Å². The Bertz CT molecular complexity index is 1360. The quantitative estimate of drug-likeness (QED) is 0.274. The van der Waals surface area contributed by atoms with Gasteiger partial charge in [-0.1, -0.05) is 61.5 Å². The molecule has 3 aromatic carbocycles. The van der Waals surface area contributed by atoms with Crippen molar-refractivity contribution in [3.05, 3.63) is 95.2 Å². The van der Waals surface area contributed by atoms with Crippen molar-refractivity contribution >= 4 is 40.7 Å². The van der Waals surface area contributed by atoms with Crippen LogP contribution >= 0.6 is 11.6 Å². The highest BCUT2D eigenvalue weighted by atomic mass is 35.5. The lowest BCUT2D eigenvalue weighted by Crippen LogP contribution is -2.34. The number of para-hydroxylation sites is 1. The molecule has 8 heteroatoms. The average Bonchev–Trinajstić information content (AvgIpc) is 3.10. The van der Waals surface area contributed by atoms with Crippen LogP contribution in [0.25, 0.3) is 0 Å². The number of nitrogens with one attached hydrogen (secondary N) is 2. The highest BCUT2D eigenvalue weighted by molar-refractivity contribution is 6.53. The molecule has 5 rings (SSSR count). The Kier molecular flexibility index (Phi) is 7.75. The first kappa shape index (κ1) is 25.5. The van der Waals surface area contributed by atoms with Gasteiger partial charge in [-0.2, -0.15) is 0 Å². The second kappa shape index (κ2) is 11.5. The largest absolute Gasteiger partial charge is 0.457 e. The minimum absolute atomic E-state index is 0.0393. The minimum Gasteiger partial charge on any atom is -0.457 e. The molecule has 0 radical (unpaired) electrons. The minimum atomic E-state index is -0.627. The van der Waals surface area contributed by atoms with Crippen molar-refractivity contribution in [3.8, 4) is 11.5 Å². The first-order valence-electron chi connectivity index (χ1n) is 12.8. The molecular formula is C30H28ClN3O4. The van der Waals surface area contributed by atoms with Crippen LogP contribution in [-0.4, -0.2) is 23.8 Å². The lowest BCUT2D eigenvalue weighted by molar-refractivity contribution is -0.120. The Morgan fingerprint density at radius 1 is 0.816 bits per heavy atom. The highest BCUT2D eigenvalue weighted by Crippen LogP contribution is 2.32. The monoisotopic (exact) mass is 529 g/mol. The van der Waals surface area contributed by atoms with Gasteiger partial charge in [0.25, 0.3) is 17.7 Å². The maximum absolute atomic E-state index is 13.2. The third-order valence-electron chi connectivity index (χ3n) is 6.69. The highest BCUT2D eigenvalue weighted by Gasteiger charge is 2.39. The van der Waals surface area contributed by atoms with E-state index in [1.54, 1.807) is 48.5 Å². The van der Waals surface area contributed by atoms with E-state index in [0.29, 0.717) is 28.4 Å². The third-order valence-corrected chi connectivity index (χ3v) is 7.04. The van der Waals surface area contributed by atoms with Crippen LogP contribution in [0, 0.1) is 0 Å². The molecule has 0 saturated heterocycles. The van der Waals surface area contributed by atoms with Crippen molar-refractivity contribution in [2.24, 2.45) is 0 Å². The number of imide groups is 1. The van der Waals surface area contributed by atoms with Crippen LogP contribution in [0.5, 0.6) is 11.5 Å². The third kappa shape index (κ3) is 5.73. The summed E-state index contributed by atoms with van der Waals surface area (Å²) in [5.41, 5.74) is 1.29. The zero-order valence-electron chi connectivity index (χ0n) is 20.8. The topological polar surface area (TPSA) is 87.7 Å².